The lowest BCUT2D eigenvalue weighted by atomic mass is 9.77. The van der Waals surface area contributed by atoms with Gasteiger partial charge in [-0.2, -0.15) is 30.7 Å². The Morgan fingerprint density at radius 1 is 1.21 bits per heavy atom. The van der Waals surface area contributed by atoms with Crippen LogP contribution in [0.1, 0.15) is 24.3 Å². The predicted molar refractivity (Wildman–Crippen MR) is 149 cm³/mol. The van der Waals surface area contributed by atoms with Crippen molar-refractivity contribution >= 4 is 61.2 Å². The molecule has 0 spiro atoms. The number of imidazole rings is 1. The topological polar surface area (TPSA) is 175 Å². The smallest absolute Gasteiger partial charge is 0.485 e. The summed E-state index contributed by atoms with van der Waals surface area (Å²) in [7, 11) is -4.59. The number of non-ortho nitro benzene ring substituents is 1. The van der Waals surface area contributed by atoms with Gasteiger partial charge in [0.15, 0.2) is 10.1 Å². The third-order valence-electron chi connectivity index (χ3n) is 7.14. The zero-order valence-corrected chi connectivity index (χ0v) is 26.4. The summed E-state index contributed by atoms with van der Waals surface area (Å²) in [4.78, 5) is 38.8. The van der Waals surface area contributed by atoms with Crippen molar-refractivity contribution in [2.45, 2.75) is 48.6 Å². The average molecular weight is 733 g/mol. The Morgan fingerprint density at radius 3 is 2.28 bits per heavy atom. The largest absolute Gasteiger partial charge is 0.741 e. The number of esters is 1. The van der Waals surface area contributed by atoms with Gasteiger partial charge in [-0.05, 0) is 24.6 Å². The maximum atomic E-state index is 13.4. The number of thioether (sulfide) groups is 1. The van der Waals surface area contributed by atoms with Gasteiger partial charge >= 0.3 is 17.0 Å². The highest BCUT2D eigenvalue weighted by Crippen LogP contribution is 2.52. The first-order chi connectivity index (χ1) is 21.5. The number of rotatable bonds is 7. The molecule has 0 radical (unpaired) electrons. The summed E-state index contributed by atoms with van der Waals surface area (Å²) >= 11 is 0.819. The van der Waals surface area contributed by atoms with E-state index in [1.54, 1.807) is 13.1 Å². The monoisotopic (exact) mass is 732 g/mol. The number of nitrogens with zero attached hydrogens (tertiary/aromatic N) is 4. The van der Waals surface area contributed by atoms with Crippen LogP contribution in [-0.4, -0.2) is 67.3 Å². The molecule has 1 N–H and O–H groups in total. The van der Waals surface area contributed by atoms with Crippen molar-refractivity contribution in [2.75, 3.05) is 0 Å². The molecule has 1 fully saturated rings. The number of hydrogen-bond donors (Lipinski definition) is 1. The zero-order chi connectivity index (χ0) is 35.4. The molecule has 2 aliphatic heterocycles. The van der Waals surface area contributed by atoms with Crippen molar-refractivity contribution in [3.8, 4) is 0 Å². The molecule has 5 rings (SSSR count). The predicted octanol–water partition coefficient (Wildman–Crippen LogP) is 3.71. The van der Waals surface area contributed by atoms with E-state index in [1.165, 1.54) is 58.4 Å². The van der Waals surface area contributed by atoms with Gasteiger partial charge in [0.05, 0.1) is 34.9 Å². The van der Waals surface area contributed by atoms with E-state index in [4.69, 9.17) is 17.7 Å². The highest BCUT2D eigenvalue weighted by molar-refractivity contribution is 8.00. The third kappa shape index (κ3) is 7.24. The Balaban J connectivity index is 0.000000555. The van der Waals surface area contributed by atoms with Crippen molar-refractivity contribution in [2.24, 2.45) is 18.9 Å². The molecule has 1 aromatic carbocycles. The number of aromatic nitrogens is 2. The molecule has 0 aliphatic carbocycles. The standard InChI is InChI=1S/C24H22F3N4O6S2.CHF3O3S/c1-11-16(15-8-29-10-28(3)21(22(29)38-15)39-24(25,26)27)19(30-18(11)17(12(2)32)20(30)33)23(34)37-9-13-4-6-14(7-5-13)31(35)36;2-1(3,4)8(5,6)7/h4-8,10-12,17-18,32H,9H2,1-3H3;(H,5,6,7)/q+1;/p-1/t11-,12+,17+,18+;/m0./s1. The first kappa shape index (κ1) is 36.1. The van der Waals surface area contributed by atoms with E-state index in [-0.39, 0.29) is 34.8 Å². The van der Waals surface area contributed by atoms with E-state index in [0.29, 0.717) is 20.8 Å². The number of amides is 1. The van der Waals surface area contributed by atoms with Crippen LogP contribution in [0, 0.1) is 22.0 Å². The fourth-order valence-electron chi connectivity index (χ4n) is 5.16. The number of hydrogen-bond acceptors (Lipinski definition) is 11. The Labute approximate surface area is 268 Å². The number of carbonyl (C=O) groups excluding carboxylic acids is 2. The Bertz CT molecular complexity index is 1870. The van der Waals surface area contributed by atoms with Gasteiger partial charge in [-0.15, -0.1) is 0 Å². The van der Waals surface area contributed by atoms with Crippen LogP contribution in [0.2, 0.25) is 0 Å². The minimum absolute atomic E-state index is 0.0183. The van der Waals surface area contributed by atoms with Crippen LogP contribution in [0.3, 0.4) is 0 Å². The van der Waals surface area contributed by atoms with Crippen molar-refractivity contribution in [1.82, 2.24) is 9.30 Å². The number of β-lactam (4-membered cyclic amide) rings is 1. The molecule has 4 atom stereocenters. The van der Waals surface area contributed by atoms with Crippen LogP contribution in [0.15, 0.2) is 47.5 Å². The molecule has 2 aliphatic rings. The maximum Gasteiger partial charge on any atom is 0.485 e. The molecular formula is C25H22F6N4O9S3. The summed E-state index contributed by atoms with van der Waals surface area (Å²) in [5, 5.41) is 21.1. The van der Waals surface area contributed by atoms with Crippen molar-refractivity contribution in [1.29, 1.82) is 0 Å². The van der Waals surface area contributed by atoms with E-state index in [2.05, 4.69) is 0 Å². The van der Waals surface area contributed by atoms with Crippen LogP contribution < -0.4 is 4.57 Å². The fourth-order valence-corrected chi connectivity index (χ4v) is 7.22. The molecule has 13 nitrogen and oxygen atoms in total. The van der Waals surface area contributed by atoms with Gasteiger partial charge in [-0.1, -0.05) is 18.3 Å². The number of fused-ring (bicyclic) bond motifs is 2. The summed E-state index contributed by atoms with van der Waals surface area (Å²) in [6, 6.07) is 4.93. The van der Waals surface area contributed by atoms with Gasteiger partial charge in [0.2, 0.25) is 22.1 Å². The van der Waals surface area contributed by atoms with Crippen LogP contribution in [-0.2, 0) is 38.1 Å². The maximum absolute atomic E-state index is 13.4. The second kappa shape index (κ2) is 12.7. The number of halogens is 6. The summed E-state index contributed by atoms with van der Waals surface area (Å²) in [6.45, 7) is 3.07. The number of alkyl halides is 6. The molecule has 4 heterocycles. The first-order valence-electron chi connectivity index (χ1n) is 13.0. The molecule has 3 aromatic rings. The number of thiazole rings is 1. The summed E-state index contributed by atoms with van der Waals surface area (Å²) in [5.41, 5.74) is -9.35. The number of carbonyl (C=O) groups is 2. The number of nitro groups is 1. The second-order valence-corrected chi connectivity index (χ2v) is 13.8. The van der Waals surface area contributed by atoms with Crippen LogP contribution >= 0.6 is 23.1 Å². The molecule has 47 heavy (non-hydrogen) atoms. The zero-order valence-electron chi connectivity index (χ0n) is 24.0. The Kier molecular flexibility index (Phi) is 9.76. The number of aliphatic hydroxyl groups excluding tert-OH is 1. The number of ether oxygens (including phenoxy) is 1. The van der Waals surface area contributed by atoms with Crippen molar-refractivity contribution in [3.05, 3.63) is 63.0 Å². The third-order valence-corrected chi connectivity index (χ3v) is 9.89. The molecule has 1 saturated heterocycles. The van der Waals surface area contributed by atoms with Gasteiger partial charge in [-0.3, -0.25) is 14.9 Å². The average Bonchev–Trinajstić information content (AvgIpc) is 3.53. The lowest BCUT2D eigenvalue weighted by Crippen LogP contribution is -2.63. The number of benzene rings is 1. The fraction of sp³-hybridized carbons (Fsp3) is 0.400. The van der Waals surface area contributed by atoms with E-state index >= 15 is 0 Å². The lowest BCUT2D eigenvalue weighted by molar-refractivity contribution is -0.706. The summed E-state index contributed by atoms with van der Waals surface area (Å²) < 4.78 is 107. The lowest BCUT2D eigenvalue weighted by Gasteiger charge is -2.46. The van der Waals surface area contributed by atoms with Gasteiger partial charge < -0.3 is 19.3 Å². The van der Waals surface area contributed by atoms with Gasteiger partial charge in [0.25, 0.3) is 5.69 Å². The molecule has 0 bridgehead atoms. The van der Waals surface area contributed by atoms with E-state index in [9.17, 15) is 51.2 Å². The molecular weight excluding hydrogens is 710 g/mol. The quantitative estimate of drug-likeness (QED) is 0.0434. The highest BCUT2D eigenvalue weighted by Gasteiger charge is 2.60. The highest BCUT2D eigenvalue weighted by atomic mass is 32.2. The van der Waals surface area contributed by atoms with Gasteiger partial charge in [0.1, 0.15) is 18.5 Å². The van der Waals surface area contributed by atoms with E-state index in [1.807, 2.05) is 0 Å². The Hall–Kier alpha value is -3.73. The minimum Gasteiger partial charge on any atom is -0.741 e. The number of nitro benzene ring substituents is 1. The molecule has 0 unspecified atom stereocenters. The minimum atomic E-state index is -6.09. The van der Waals surface area contributed by atoms with Crippen LogP contribution in [0.25, 0.3) is 10.4 Å². The van der Waals surface area contributed by atoms with E-state index < -0.39 is 61.9 Å². The van der Waals surface area contributed by atoms with Crippen molar-refractivity contribution in [3.63, 3.8) is 0 Å². The Morgan fingerprint density at radius 2 is 1.79 bits per heavy atom. The normalized spacial score (nSPS) is 20.4. The van der Waals surface area contributed by atoms with Crippen molar-refractivity contribution < 1.29 is 68.2 Å². The summed E-state index contributed by atoms with van der Waals surface area (Å²) in [6.07, 6.45) is 2.14. The molecule has 2 aromatic heterocycles. The molecule has 22 heteroatoms. The molecule has 1 amide bonds. The van der Waals surface area contributed by atoms with Gasteiger partial charge in [0, 0.05) is 35.4 Å². The van der Waals surface area contributed by atoms with Gasteiger partial charge in [-0.25, -0.2) is 17.8 Å². The molecule has 0 saturated carbocycles. The first-order valence-corrected chi connectivity index (χ1v) is 16.0. The van der Waals surface area contributed by atoms with Crippen LogP contribution in [0.4, 0.5) is 32.0 Å². The SMILES string of the molecule is C[C@@H](O)[C@H]1C(=O)N2C(C(=O)OCc3ccc([N+](=O)[O-])cc3)=C(c3cn4c[n+](C)c(SC(F)(F)F)c4s3)[C@H](C)[C@H]12.O=S(=O)([O-])C(F)(F)F. The molecule has 256 valence electrons. The number of aryl methyl sites for hydroxylation is 1. The van der Waals surface area contributed by atoms with E-state index in [0.717, 1.165) is 11.3 Å². The van der Waals surface area contributed by atoms with Crippen LogP contribution in [0.5, 0.6) is 0 Å². The number of aliphatic hydroxyl groups is 1. The second-order valence-electron chi connectivity index (χ2n) is 10.3. The summed E-state index contributed by atoms with van der Waals surface area (Å²) in [5.74, 6) is -2.42.